The van der Waals surface area contributed by atoms with Crippen LogP contribution < -0.4 is 4.84 Å². The Morgan fingerprint density at radius 1 is 1.25 bits per heavy atom. The Balaban J connectivity index is 2.40. The van der Waals surface area contributed by atoms with E-state index in [1.165, 1.54) is 6.92 Å². The molecule has 2 N–H and O–H groups in total. The summed E-state index contributed by atoms with van der Waals surface area (Å²) in [5.41, 5.74) is 0. The number of ether oxygens (including phenoxy) is 2. The van der Waals surface area contributed by atoms with Gasteiger partial charge in [0.2, 0.25) is 18.1 Å². The van der Waals surface area contributed by atoms with E-state index in [2.05, 4.69) is 9.57 Å². The molecule has 0 fully saturated rings. The predicted molar refractivity (Wildman–Crippen MR) is 65.9 cm³/mol. The molecule has 0 bridgehead atoms. The Kier molecular flexibility index (Phi) is 5.70. The molecule has 0 aliphatic heterocycles. The van der Waals surface area contributed by atoms with Crippen LogP contribution in [0.1, 0.15) is 33.1 Å². The number of hydrogen-bond acceptors (Lipinski definition) is 7. The highest BCUT2D eigenvalue weighted by molar-refractivity contribution is 5.69. The normalized spacial score (nSPS) is 11.7. The van der Waals surface area contributed by atoms with E-state index in [1.807, 2.05) is 6.92 Å². The van der Waals surface area contributed by atoms with Crippen molar-refractivity contribution >= 4 is 12.1 Å². The minimum atomic E-state index is -1.23. The molecule has 0 radical (unpaired) electrons. The molecule has 0 aromatic carbocycles. The van der Waals surface area contributed by atoms with Crippen molar-refractivity contribution in [1.82, 2.24) is 4.73 Å². The van der Waals surface area contributed by atoms with Crippen LogP contribution in [0, 0.1) is 0 Å². The standard InChI is InChI=1S/C12H17NO7/c1-3-4-5-11(16)18-8(2)19-12(17)20-13-9(14)6-7-10(13)15/h6-8,14-15H,3-5H2,1-2H3. The van der Waals surface area contributed by atoms with Crippen LogP contribution in [-0.4, -0.2) is 33.4 Å². The van der Waals surface area contributed by atoms with Gasteiger partial charge in [0.15, 0.2) is 0 Å². The van der Waals surface area contributed by atoms with Gasteiger partial charge in [-0.3, -0.25) is 9.63 Å². The lowest BCUT2D eigenvalue weighted by Crippen LogP contribution is -2.27. The van der Waals surface area contributed by atoms with Crippen LogP contribution in [0.2, 0.25) is 0 Å². The van der Waals surface area contributed by atoms with E-state index >= 15 is 0 Å². The minimum absolute atomic E-state index is 0.235. The van der Waals surface area contributed by atoms with Crippen molar-refractivity contribution in [3.63, 3.8) is 0 Å². The summed E-state index contributed by atoms with van der Waals surface area (Å²) < 4.78 is 9.91. The molecule has 0 aliphatic carbocycles. The van der Waals surface area contributed by atoms with E-state index < -0.39 is 30.2 Å². The van der Waals surface area contributed by atoms with Crippen LogP contribution in [-0.2, 0) is 14.3 Å². The SMILES string of the molecule is CCCCC(=O)OC(C)OC(=O)On1c(O)ccc1O. The van der Waals surface area contributed by atoms with Gasteiger partial charge in [-0.2, -0.15) is 0 Å². The van der Waals surface area contributed by atoms with Crippen LogP contribution in [0.3, 0.4) is 0 Å². The summed E-state index contributed by atoms with van der Waals surface area (Å²) in [6.45, 7) is 3.28. The number of aromatic hydroxyl groups is 2. The quantitative estimate of drug-likeness (QED) is 0.603. The number of rotatable bonds is 6. The molecule has 0 saturated carbocycles. The van der Waals surface area contributed by atoms with Crippen molar-refractivity contribution in [1.29, 1.82) is 0 Å². The van der Waals surface area contributed by atoms with Gasteiger partial charge in [-0.25, -0.2) is 4.79 Å². The van der Waals surface area contributed by atoms with Gasteiger partial charge >= 0.3 is 12.1 Å². The molecule has 1 heterocycles. The highest BCUT2D eigenvalue weighted by atomic mass is 16.9. The van der Waals surface area contributed by atoms with Gasteiger partial charge in [-0.15, -0.1) is 4.73 Å². The second-order valence-electron chi connectivity index (χ2n) is 3.96. The number of carbonyl (C=O) groups is 2. The number of hydrogen-bond donors (Lipinski definition) is 2. The Morgan fingerprint density at radius 3 is 2.40 bits per heavy atom. The Bertz CT molecular complexity index is 449. The summed E-state index contributed by atoms with van der Waals surface area (Å²) in [6.07, 6.45) is -0.604. The van der Waals surface area contributed by atoms with Gasteiger partial charge in [0, 0.05) is 25.5 Å². The lowest BCUT2D eigenvalue weighted by atomic mass is 10.2. The van der Waals surface area contributed by atoms with Crippen molar-refractivity contribution < 1.29 is 34.1 Å². The molecule has 1 rings (SSSR count). The Hall–Kier alpha value is -2.38. The number of aromatic nitrogens is 1. The van der Waals surface area contributed by atoms with Crippen LogP contribution in [0.15, 0.2) is 12.1 Å². The molecule has 1 aromatic rings. The van der Waals surface area contributed by atoms with Gasteiger partial charge in [0.25, 0.3) is 0 Å². The zero-order chi connectivity index (χ0) is 15.1. The van der Waals surface area contributed by atoms with Crippen LogP contribution in [0.4, 0.5) is 4.79 Å². The predicted octanol–water partition coefficient (Wildman–Crippen LogP) is 1.54. The maximum Gasteiger partial charge on any atom is 0.537 e. The van der Waals surface area contributed by atoms with Crippen molar-refractivity contribution in [3.8, 4) is 11.8 Å². The fraction of sp³-hybridized carbons (Fsp3) is 0.500. The van der Waals surface area contributed by atoms with Crippen LogP contribution >= 0.6 is 0 Å². The fourth-order valence-corrected chi connectivity index (χ4v) is 1.32. The summed E-state index contributed by atoms with van der Waals surface area (Å²) in [5.74, 6) is -1.45. The largest absolute Gasteiger partial charge is 0.537 e. The first-order valence-electron chi connectivity index (χ1n) is 6.12. The zero-order valence-corrected chi connectivity index (χ0v) is 11.2. The molecule has 0 amide bonds. The van der Waals surface area contributed by atoms with Crippen molar-refractivity contribution in [2.75, 3.05) is 0 Å². The van der Waals surface area contributed by atoms with Gasteiger partial charge in [-0.1, -0.05) is 13.3 Å². The molecule has 0 aliphatic rings. The smallest absolute Gasteiger partial charge is 0.492 e. The van der Waals surface area contributed by atoms with Crippen molar-refractivity contribution in [2.45, 2.75) is 39.4 Å². The first kappa shape index (κ1) is 15.7. The number of carbonyl (C=O) groups excluding carboxylic acids is 2. The van der Waals surface area contributed by atoms with Crippen LogP contribution in [0.25, 0.3) is 0 Å². The molecule has 1 atom stereocenters. The molecule has 0 saturated heterocycles. The van der Waals surface area contributed by atoms with Crippen molar-refractivity contribution in [3.05, 3.63) is 12.1 Å². The summed E-state index contributed by atoms with van der Waals surface area (Å²) in [5, 5.41) is 18.5. The van der Waals surface area contributed by atoms with Gasteiger partial charge in [0.05, 0.1) is 0 Å². The summed E-state index contributed by atoms with van der Waals surface area (Å²) in [6, 6.07) is 2.24. The maximum absolute atomic E-state index is 11.3. The fourth-order valence-electron chi connectivity index (χ4n) is 1.32. The summed E-state index contributed by atoms with van der Waals surface area (Å²) in [7, 11) is 0. The highest BCUT2D eigenvalue weighted by Crippen LogP contribution is 2.18. The number of unbranched alkanes of at least 4 members (excludes halogenated alkanes) is 1. The molecule has 8 nitrogen and oxygen atoms in total. The summed E-state index contributed by atoms with van der Waals surface area (Å²) >= 11 is 0. The molecular weight excluding hydrogens is 270 g/mol. The van der Waals surface area contributed by atoms with Crippen molar-refractivity contribution in [2.24, 2.45) is 0 Å². The Morgan fingerprint density at radius 2 is 1.85 bits per heavy atom. The minimum Gasteiger partial charge on any atom is -0.492 e. The van der Waals surface area contributed by atoms with E-state index in [9.17, 15) is 19.8 Å². The first-order chi connectivity index (χ1) is 9.43. The van der Waals surface area contributed by atoms with Gasteiger partial charge in [0.1, 0.15) is 0 Å². The molecule has 20 heavy (non-hydrogen) atoms. The molecular formula is C12H17NO7. The van der Waals surface area contributed by atoms with E-state index in [-0.39, 0.29) is 6.42 Å². The van der Waals surface area contributed by atoms with Crippen LogP contribution in [0.5, 0.6) is 11.8 Å². The third-order valence-electron chi connectivity index (χ3n) is 2.26. The third-order valence-corrected chi connectivity index (χ3v) is 2.26. The summed E-state index contributed by atoms with van der Waals surface area (Å²) in [4.78, 5) is 27.1. The third kappa shape index (κ3) is 4.71. The highest BCUT2D eigenvalue weighted by Gasteiger charge is 2.18. The van der Waals surface area contributed by atoms with Gasteiger partial charge < -0.3 is 19.7 Å². The first-order valence-corrected chi connectivity index (χ1v) is 6.12. The lowest BCUT2D eigenvalue weighted by Gasteiger charge is -2.14. The average Bonchev–Trinajstić information content (AvgIpc) is 2.67. The molecule has 8 heteroatoms. The lowest BCUT2D eigenvalue weighted by molar-refractivity contribution is -0.168. The second-order valence-corrected chi connectivity index (χ2v) is 3.96. The number of esters is 1. The Labute approximate surface area is 115 Å². The van der Waals surface area contributed by atoms with Gasteiger partial charge in [-0.05, 0) is 6.42 Å². The molecule has 112 valence electrons. The maximum atomic E-state index is 11.3. The molecule has 0 spiro atoms. The average molecular weight is 287 g/mol. The zero-order valence-electron chi connectivity index (χ0n) is 11.2. The van der Waals surface area contributed by atoms with E-state index in [0.29, 0.717) is 11.2 Å². The van der Waals surface area contributed by atoms with E-state index in [0.717, 1.165) is 18.6 Å². The van der Waals surface area contributed by atoms with E-state index in [1.54, 1.807) is 0 Å². The van der Waals surface area contributed by atoms with E-state index in [4.69, 9.17) is 4.74 Å². The topological polar surface area (TPSA) is 107 Å². The monoisotopic (exact) mass is 287 g/mol. The molecule has 1 aromatic heterocycles. The molecule has 1 unspecified atom stereocenters. The number of nitrogens with zero attached hydrogens (tertiary/aromatic N) is 1. The second kappa shape index (κ2) is 7.27.